The van der Waals surface area contributed by atoms with Crippen LogP contribution in [-0.2, 0) is 9.53 Å². The molecule has 3 heterocycles. The Morgan fingerprint density at radius 3 is 2.68 bits per heavy atom. The highest BCUT2D eigenvalue weighted by Gasteiger charge is 2.49. The van der Waals surface area contributed by atoms with Gasteiger partial charge >= 0.3 is 5.97 Å². The van der Waals surface area contributed by atoms with Gasteiger partial charge in [-0.1, -0.05) is 30.3 Å². The van der Waals surface area contributed by atoms with E-state index < -0.39 is 0 Å². The predicted molar refractivity (Wildman–Crippen MR) is 102 cm³/mol. The minimum Gasteiger partial charge on any atom is -0.466 e. The molecule has 1 aromatic heterocycles. The molecule has 1 aromatic carbocycles. The second-order valence-corrected chi connectivity index (χ2v) is 7.38. The summed E-state index contributed by atoms with van der Waals surface area (Å²) >= 11 is 0. The van der Waals surface area contributed by atoms with E-state index in [0.717, 1.165) is 18.7 Å². The van der Waals surface area contributed by atoms with E-state index >= 15 is 0 Å². The third-order valence-electron chi connectivity index (χ3n) is 5.83. The van der Waals surface area contributed by atoms with Crippen molar-refractivity contribution in [2.24, 2.45) is 5.92 Å². The first-order valence-electron chi connectivity index (χ1n) is 9.75. The molecule has 4 rings (SSSR count). The van der Waals surface area contributed by atoms with E-state index in [1.165, 1.54) is 6.39 Å². The molecule has 0 radical (unpaired) electrons. The normalized spacial score (nSPS) is 24.8. The Morgan fingerprint density at radius 1 is 1.21 bits per heavy atom. The molecule has 1 amide bonds. The van der Waals surface area contributed by atoms with Gasteiger partial charge in [-0.25, -0.2) is 4.98 Å². The molecule has 0 aliphatic carbocycles. The van der Waals surface area contributed by atoms with Crippen LogP contribution in [0.5, 0.6) is 0 Å². The number of fused-ring (bicyclic) bond motifs is 1. The van der Waals surface area contributed by atoms with Crippen LogP contribution >= 0.6 is 0 Å². The predicted octanol–water partition coefficient (Wildman–Crippen LogP) is 2.09. The fourth-order valence-corrected chi connectivity index (χ4v) is 4.46. The molecule has 7 heteroatoms. The summed E-state index contributed by atoms with van der Waals surface area (Å²) < 4.78 is 10.7. The number of hydrogen-bond acceptors (Lipinski definition) is 6. The van der Waals surface area contributed by atoms with Crippen molar-refractivity contribution in [3.8, 4) is 0 Å². The van der Waals surface area contributed by atoms with Crippen molar-refractivity contribution in [3.63, 3.8) is 0 Å². The molecule has 2 fully saturated rings. The van der Waals surface area contributed by atoms with Crippen molar-refractivity contribution in [1.82, 2.24) is 14.8 Å². The maximum Gasteiger partial charge on any atom is 0.311 e. The smallest absolute Gasteiger partial charge is 0.311 e. The van der Waals surface area contributed by atoms with Crippen molar-refractivity contribution >= 4 is 11.9 Å². The van der Waals surface area contributed by atoms with Gasteiger partial charge in [0.1, 0.15) is 0 Å². The van der Waals surface area contributed by atoms with Crippen LogP contribution in [0.3, 0.4) is 0 Å². The molecular formula is C21H25N3O4. The average Bonchev–Trinajstić information content (AvgIpc) is 3.31. The lowest BCUT2D eigenvalue weighted by Gasteiger charge is -2.38. The fraction of sp³-hybridized carbons (Fsp3) is 0.476. The van der Waals surface area contributed by atoms with E-state index in [0.29, 0.717) is 25.4 Å². The van der Waals surface area contributed by atoms with Gasteiger partial charge in [0, 0.05) is 38.1 Å². The number of benzene rings is 1. The number of aromatic nitrogens is 1. The van der Waals surface area contributed by atoms with Gasteiger partial charge in [0.15, 0.2) is 6.39 Å². The van der Waals surface area contributed by atoms with Gasteiger partial charge in [0.2, 0.25) is 5.76 Å². The Balaban J connectivity index is 1.60. The topological polar surface area (TPSA) is 75.9 Å². The number of carbonyl (C=O) groups excluding carboxylic acids is 2. The van der Waals surface area contributed by atoms with Gasteiger partial charge in [-0.05, 0) is 19.4 Å². The molecule has 0 N–H and O–H groups in total. The summed E-state index contributed by atoms with van der Waals surface area (Å²) in [4.78, 5) is 33.9. The number of ether oxygens (including phenoxy) is 1. The number of esters is 1. The molecule has 2 aromatic rings. The molecule has 0 unspecified atom stereocenters. The number of oxazole rings is 1. The Kier molecular flexibility index (Phi) is 5.17. The van der Waals surface area contributed by atoms with E-state index in [2.05, 4.69) is 22.0 Å². The lowest BCUT2D eigenvalue weighted by Crippen LogP contribution is -2.54. The molecule has 2 aliphatic heterocycles. The van der Waals surface area contributed by atoms with Crippen molar-refractivity contribution in [3.05, 3.63) is 53.7 Å². The summed E-state index contributed by atoms with van der Waals surface area (Å²) in [6.45, 7) is 6.53. The highest BCUT2D eigenvalue weighted by molar-refractivity contribution is 5.92. The zero-order valence-corrected chi connectivity index (χ0v) is 16.2. The molecule has 2 saturated heterocycles. The molecule has 0 bridgehead atoms. The first-order chi connectivity index (χ1) is 13.6. The zero-order valence-electron chi connectivity index (χ0n) is 16.2. The number of piperazine rings is 1. The second kappa shape index (κ2) is 7.75. The standard InChI is InChI=1S/C21H25N3O4/c1-3-27-21(26)18-16(15-7-5-4-6-8-15)11-23-9-10-24(12-17(18)23)20(25)19-14(2)22-13-28-19/h4-8,13,16-18H,3,9-12H2,1-2H3/t16-,17-,18-/m1/s1. The molecule has 3 atom stereocenters. The van der Waals surface area contributed by atoms with Crippen molar-refractivity contribution in [1.29, 1.82) is 0 Å². The average molecular weight is 383 g/mol. The zero-order chi connectivity index (χ0) is 19.7. The first-order valence-corrected chi connectivity index (χ1v) is 9.75. The van der Waals surface area contributed by atoms with E-state index in [4.69, 9.17) is 9.15 Å². The molecule has 2 aliphatic rings. The van der Waals surface area contributed by atoms with Crippen LogP contribution in [0.4, 0.5) is 0 Å². The van der Waals surface area contributed by atoms with Gasteiger partial charge in [0.25, 0.3) is 5.91 Å². The molecule has 0 saturated carbocycles. The van der Waals surface area contributed by atoms with Crippen LogP contribution in [-0.4, -0.2) is 65.5 Å². The minimum absolute atomic E-state index is 0.0623. The highest BCUT2D eigenvalue weighted by Crippen LogP contribution is 2.40. The van der Waals surface area contributed by atoms with E-state index in [1.54, 1.807) is 11.8 Å². The van der Waals surface area contributed by atoms with Crippen LogP contribution in [0.2, 0.25) is 0 Å². The maximum absolute atomic E-state index is 12.9. The van der Waals surface area contributed by atoms with Gasteiger partial charge in [-0.3, -0.25) is 14.5 Å². The van der Waals surface area contributed by atoms with Crippen LogP contribution in [0.15, 0.2) is 41.1 Å². The van der Waals surface area contributed by atoms with Crippen LogP contribution in [0.25, 0.3) is 0 Å². The number of carbonyl (C=O) groups is 2. The largest absolute Gasteiger partial charge is 0.466 e. The Bertz CT molecular complexity index is 850. The third kappa shape index (κ3) is 3.30. The summed E-state index contributed by atoms with van der Waals surface area (Å²) in [5.74, 6) is -0.311. The van der Waals surface area contributed by atoms with Crippen LogP contribution in [0.1, 0.15) is 34.7 Å². The summed E-state index contributed by atoms with van der Waals surface area (Å²) in [5, 5.41) is 0. The number of aryl methyl sites for hydroxylation is 1. The molecule has 7 nitrogen and oxygen atoms in total. The van der Waals surface area contributed by atoms with Crippen LogP contribution in [0, 0.1) is 12.8 Å². The van der Waals surface area contributed by atoms with Gasteiger partial charge in [0.05, 0.1) is 18.2 Å². The number of nitrogens with zero attached hydrogens (tertiary/aromatic N) is 3. The van der Waals surface area contributed by atoms with Crippen molar-refractivity contribution < 1.29 is 18.7 Å². The van der Waals surface area contributed by atoms with Crippen LogP contribution < -0.4 is 0 Å². The summed E-state index contributed by atoms with van der Waals surface area (Å²) in [5.41, 5.74) is 1.72. The maximum atomic E-state index is 12.9. The molecule has 28 heavy (non-hydrogen) atoms. The fourth-order valence-electron chi connectivity index (χ4n) is 4.46. The van der Waals surface area contributed by atoms with E-state index in [-0.39, 0.29) is 35.5 Å². The van der Waals surface area contributed by atoms with Gasteiger partial charge in [-0.15, -0.1) is 0 Å². The Morgan fingerprint density at radius 2 is 2.00 bits per heavy atom. The number of hydrogen-bond donors (Lipinski definition) is 0. The van der Waals surface area contributed by atoms with Gasteiger partial charge in [-0.2, -0.15) is 0 Å². The summed E-state index contributed by atoms with van der Waals surface area (Å²) in [6.07, 6.45) is 1.29. The summed E-state index contributed by atoms with van der Waals surface area (Å²) in [7, 11) is 0. The number of amides is 1. The quantitative estimate of drug-likeness (QED) is 0.753. The van der Waals surface area contributed by atoms with Crippen molar-refractivity contribution in [2.45, 2.75) is 25.8 Å². The van der Waals surface area contributed by atoms with E-state index in [1.807, 2.05) is 25.1 Å². The molecule has 0 spiro atoms. The third-order valence-corrected chi connectivity index (χ3v) is 5.83. The first kappa shape index (κ1) is 18.7. The SMILES string of the molecule is CCOC(=O)[C@@H]1[C@@H](c2ccccc2)CN2CCN(C(=O)c3ocnc3C)C[C@H]12. The molecule has 148 valence electrons. The Hall–Kier alpha value is -2.67. The lowest BCUT2D eigenvalue weighted by molar-refractivity contribution is -0.149. The lowest BCUT2D eigenvalue weighted by atomic mass is 9.85. The number of rotatable bonds is 4. The Labute approximate surface area is 164 Å². The second-order valence-electron chi connectivity index (χ2n) is 7.38. The van der Waals surface area contributed by atoms with E-state index in [9.17, 15) is 9.59 Å². The monoisotopic (exact) mass is 383 g/mol. The minimum atomic E-state index is -0.297. The summed E-state index contributed by atoms with van der Waals surface area (Å²) in [6, 6.07) is 10.0. The van der Waals surface area contributed by atoms with Crippen molar-refractivity contribution in [2.75, 3.05) is 32.8 Å². The molecular weight excluding hydrogens is 358 g/mol. The highest BCUT2D eigenvalue weighted by atomic mass is 16.5. The van der Waals surface area contributed by atoms with Gasteiger partial charge < -0.3 is 14.1 Å².